The first-order valence-corrected chi connectivity index (χ1v) is 12.8. The molecule has 2 aromatic rings. The Hall–Kier alpha value is -2.78. The quantitative estimate of drug-likeness (QED) is 0.517. The number of amides is 2. The second-order valence-corrected chi connectivity index (χ2v) is 9.75. The number of sulfonamides is 1. The number of carbonyl (C=O) groups is 2. The van der Waals surface area contributed by atoms with E-state index in [1.165, 1.54) is 24.1 Å². The molecule has 2 aromatic carbocycles. The van der Waals surface area contributed by atoms with Gasteiger partial charge in [-0.15, -0.1) is 0 Å². The predicted octanol–water partition coefficient (Wildman–Crippen LogP) is 3.06. The lowest BCUT2D eigenvalue weighted by molar-refractivity contribution is -0.140. The van der Waals surface area contributed by atoms with Crippen LogP contribution in [0.25, 0.3) is 0 Å². The van der Waals surface area contributed by atoms with Gasteiger partial charge >= 0.3 is 0 Å². The van der Waals surface area contributed by atoms with Crippen LogP contribution in [0.1, 0.15) is 25.8 Å². The highest BCUT2D eigenvalue weighted by atomic mass is 35.5. The molecule has 0 bridgehead atoms. The second kappa shape index (κ2) is 11.9. The summed E-state index contributed by atoms with van der Waals surface area (Å²) in [4.78, 5) is 27.7. The zero-order valence-electron chi connectivity index (χ0n) is 19.2. The predicted molar refractivity (Wildman–Crippen MR) is 130 cm³/mol. The maximum Gasteiger partial charge on any atom is 0.244 e. The molecule has 0 aliphatic heterocycles. The fourth-order valence-electron chi connectivity index (χ4n) is 3.44. The molecule has 0 spiro atoms. The van der Waals surface area contributed by atoms with E-state index in [1.54, 1.807) is 19.9 Å². The molecule has 0 unspecified atom stereocenters. The number of rotatable bonds is 11. The molecule has 0 radical (unpaired) electrons. The van der Waals surface area contributed by atoms with Crippen molar-refractivity contribution >= 4 is 39.1 Å². The van der Waals surface area contributed by atoms with Gasteiger partial charge in [0.05, 0.1) is 19.1 Å². The van der Waals surface area contributed by atoms with Gasteiger partial charge < -0.3 is 15.0 Å². The van der Waals surface area contributed by atoms with Crippen LogP contribution in [0.5, 0.6) is 5.75 Å². The van der Waals surface area contributed by atoms with Crippen LogP contribution in [0.15, 0.2) is 48.5 Å². The van der Waals surface area contributed by atoms with Gasteiger partial charge in [0.1, 0.15) is 18.3 Å². The monoisotopic (exact) mass is 495 g/mol. The number of nitrogens with one attached hydrogen (secondary N) is 1. The first-order valence-electron chi connectivity index (χ1n) is 10.5. The average molecular weight is 496 g/mol. The first kappa shape index (κ1) is 26.5. The van der Waals surface area contributed by atoms with Crippen LogP contribution in [0, 0.1) is 0 Å². The Balaban J connectivity index is 2.48. The average Bonchev–Trinajstić information content (AvgIpc) is 2.77. The van der Waals surface area contributed by atoms with Gasteiger partial charge in [0.15, 0.2) is 0 Å². The lowest BCUT2D eigenvalue weighted by Gasteiger charge is -2.33. The van der Waals surface area contributed by atoms with Crippen molar-refractivity contribution in [1.29, 1.82) is 0 Å². The van der Waals surface area contributed by atoms with Crippen molar-refractivity contribution in [1.82, 2.24) is 10.2 Å². The molecule has 2 rings (SSSR count). The molecule has 33 heavy (non-hydrogen) atoms. The molecular formula is C23H30ClN3O5S. The zero-order valence-corrected chi connectivity index (χ0v) is 20.8. The molecular weight excluding hydrogens is 466 g/mol. The number of halogens is 1. The van der Waals surface area contributed by atoms with Crippen LogP contribution in [-0.4, -0.2) is 57.6 Å². The summed E-state index contributed by atoms with van der Waals surface area (Å²) in [5.74, 6) is -0.567. The molecule has 2 amide bonds. The van der Waals surface area contributed by atoms with Crippen molar-refractivity contribution in [3.63, 3.8) is 0 Å². The number of nitrogens with zero attached hydrogens (tertiary/aromatic N) is 2. The van der Waals surface area contributed by atoms with E-state index in [9.17, 15) is 18.0 Å². The Labute approximate surface area is 200 Å². The van der Waals surface area contributed by atoms with Gasteiger partial charge in [0, 0.05) is 18.1 Å². The van der Waals surface area contributed by atoms with E-state index < -0.39 is 28.5 Å². The summed E-state index contributed by atoms with van der Waals surface area (Å²) in [5.41, 5.74) is 0.964. The lowest BCUT2D eigenvalue weighted by Crippen LogP contribution is -2.52. The number of ether oxygens (including phenoxy) is 1. The van der Waals surface area contributed by atoms with Crippen molar-refractivity contribution in [2.45, 2.75) is 32.9 Å². The number of carbonyl (C=O) groups excluding carboxylic acids is 2. The Morgan fingerprint density at radius 2 is 1.79 bits per heavy atom. The summed E-state index contributed by atoms with van der Waals surface area (Å²) in [5, 5.41) is 3.05. The summed E-state index contributed by atoms with van der Waals surface area (Å²) < 4.78 is 31.6. The molecule has 1 atom stereocenters. The number of anilines is 1. The molecule has 1 N–H and O–H groups in total. The number of benzene rings is 2. The number of likely N-dealkylation sites (N-methyl/N-ethyl adjacent to an activating group) is 1. The van der Waals surface area contributed by atoms with Crippen LogP contribution >= 0.6 is 11.6 Å². The highest BCUT2D eigenvalue weighted by Gasteiger charge is 2.32. The third kappa shape index (κ3) is 7.10. The van der Waals surface area contributed by atoms with Crippen LogP contribution in [0.4, 0.5) is 5.69 Å². The van der Waals surface area contributed by atoms with Crippen molar-refractivity contribution in [2.24, 2.45) is 0 Å². The highest BCUT2D eigenvalue weighted by molar-refractivity contribution is 7.92. The largest absolute Gasteiger partial charge is 0.495 e. The minimum absolute atomic E-state index is 0.145. The third-order valence-electron chi connectivity index (χ3n) is 5.02. The van der Waals surface area contributed by atoms with E-state index in [1.807, 2.05) is 30.3 Å². The fourth-order valence-corrected chi connectivity index (χ4v) is 4.46. The number of methoxy groups -OCH3 is 1. The van der Waals surface area contributed by atoms with E-state index in [0.717, 1.165) is 16.1 Å². The SMILES string of the molecule is CCNC(=O)[C@H](CC)N(Cc1ccccc1)C(=O)CN(c1cc(Cl)ccc1OC)S(C)(=O)=O. The van der Waals surface area contributed by atoms with Crippen LogP contribution in [0.3, 0.4) is 0 Å². The summed E-state index contributed by atoms with van der Waals surface area (Å²) in [6.45, 7) is 3.65. The summed E-state index contributed by atoms with van der Waals surface area (Å²) in [6, 6.07) is 13.0. The smallest absolute Gasteiger partial charge is 0.244 e. The molecule has 0 saturated carbocycles. The van der Waals surface area contributed by atoms with Crippen molar-refractivity contribution < 1.29 is 22.7 Å². The Morgan fingerprint density at radius 1 is 1.12 bits per heavy atom. The van der Waals surface area contributed by atoms with Crippen LogP contribution in [0.2, 0.25) is 5.02 Å². The van der Waals surface area contributed by atoms with Gasteiger partial charge in [-0.25, -0.2) is 8.42 Å². The van der Waals surface area contributed by atoms with Crippen LogP contribution in [-0.2, 0) is 26.2 Å². The van der Waals surface area contributed by atoms with Gasteiger partial charge in [-0.1, -0.05) is 48.9 Å². The van der Waals surface area contributed by atoms with E-state index in [-0.39, 0.29) is 23.9 Å². The summed E-state index contributed by atoms with van der Waals surface area (Å²) >= 11 is 6.10. The summed E-state index contributed by atoms with van der Waals surface area (Å²) in [6.07, 6.45) is 1.37. The topological polar surface area (TPSA) is 96.0 Å². The van der Waals surface area contributed by atoms with Gasteiger partial charge in [-0.05, 0) is 37.1 Å². The zero-order chi connectivity index (χ0) is 24.6. The third-order valence-corrected chi connectivity index (χ3v) is 6.38. The van der Waals surface area contributed by atoms with E-state index in [4.69, 9.17) is 16.3 Å². The molecule has 8 nitrogen and oxygen atoms in total. The second-order valence-electron chi connectivity index (χ2n) is 7.41. The standard InChI is InChI=1S/C23H30ClN3O5S/c1-5-19(23(29)25-6-2)26(15-17-10-8-7-9-11-17)22(28)16-27(33(4,30)31)20-14-18(24)12-13-21(20)32-3/h7-14,19H,5-6,15-16H2,1-4H3,(H,25,29)/t19-/m0/s1. The Morgan fingerprint density at radius 3 is 2.33 bits per heavy atom. The van der Waals surface area contributed by atoms with E-state index in [2.05, 4.69) is 5.32 Å². The minimum Gasteiger partial charge on any atom is -0.495 e. The highest BCUT2D eigenvalue weighted by Crippen LogP contribution is 2.33. The van der Waals surface area contributed by atoms with Crippen molar-refractivity contribution in [2.75, 3.05) is 30.8 Å². The van der Waals surface area contributed by atoms with Crippen molar-refractivity contribution in [3.8, 4) is 5.75 Å². The lowest BCUT2D eigenvalue weighted by atomic mass is 10.1. The van der Waals surface area contributed by atoms with Gasteiger partial charge in [-0.2, -0.15) is 0 Å². The molecule has 0 aliphatic carbocycles. The van der Waals surface area contributed by atoms with Gasteiger partial charge in [0.25, 0.3) is 0 Å². The van der Waals surface area contributed by atoms with Crippen LogP contribution < -0.4 is 14.4 Å². The van der Waals surface area contributed by atoms with E-state index >= 15 is 0 Å². The molecule has 10 heteroatoms. The Bertz CT molecular complexity index is 1060. The summed E-state index contributed by atoms with van der Waals surface area (Å²) in [7, 11) is -2.48. The molecule has 0 aliphatic rings. The van der Waals surface area contributed by atoms with Crippen molar-refractivity contribution in [3.05, 3.63) is 59.1 Å². The molecule has 0 saturated heterocycles. The number of hydrogen-bond donors (Lipinski definition) is 1. The number of hydrogen-bond acceptors (Lipinski definition) is 5. The molecule has 0 aromatic heterocycles. The Kier molecular flexibility index (Phi) is 9.55. The molecule has 0 heterocycles. The maximum atomic E-state index is 13.5. The van der Waals surface area contributed by atoms with E-state index in [0.29, 0.717) is 18.0 Å². The maximum absolute atomic E-state index is 13.5. The minimum atomic E-state index is -3.89. The van der Waals surface area contributed by atoms with Gasteiger partial charge in [-0.3, -0.25) is 13.9 Å². The van der Waals surface area contributed by atoms with Gasteiger partial charge in [0.2, 0.25) is 21.8 Å². The fraction of sp³-hybridized carbons (Fsp3) is 0.391. The normalized spacial score (nSPS) is 12.0. The first-order chi connectivity index (χ1) is 15.6. The molecule has 0 fully saturated rings. The molecule has 180 valence electrons.